The molecule has 0 unspecified atom stereocenters. The number of rotatable bonds is 4. The first-order valence-electron chi connectivity index (χ1n) is 8.00. The van der Waals surface area contributed by atoms with Crippen molar-refractivity contribution in [3.8, 4) is 5.75 Å². The Morgan fingerprint density at radius 2 is 1.85 bits per heavy atom. The van der Waals surface area contributed by atoms with E-state index >= 15 is 0 Å². The fourth-order valence-electron chi connectivity index (χ4n) is 2.72. The fourth-order valence-corrected chi connectivity index (χ4v) is 3.00. The maximum Gasteiger partial charge on any atom is 0.573 e. The zero-order valence-electron chi connectivity index (χ0n) is 13.8. The molecule has 0 bridgehead atoms. The summed E-state index contributed by atoms with van der Waals surface area (Å²) in [4.78, 5) is 25.6. The van der Waals surface area contributed by atoms with Crippen molar-refractivity contribution in [2.75, 3.05) is 16.8 Å². The van der Waals surface area contributed by atoms with E-state index in [4.69, 9.17) is 11.6 Å². The van der Waals surface area contributed by atoms with Gasteiger partial charge in [-0.1, -0.05) is 11.6 Å². The van der Waals surface area contributed by atoms with Crippen LogP contribution in [-0.2, 0) is 4.79 Å². The lowest BCUT2D eigenvalue weighted by atomic mass is 10.2. The Bertz CT molecular complexity index is 869. The second-order valence-corrected chi connectivity index (χ2v) is 6.25. The van der Waals surface area contributed by atoms with E-state index in [0.717, 1.165) is 18.6 Å². The highest BCUT2D eigenvalue weighted by Crippen LogP contribution is 2.32. The molecule has 0 saturated carbocycles. The molecule has 27 heavy (non-hydrogen) atoms. The molecule has 5 nitrogen and oxygen atoms in total. The maximum absolute atomic E-state index is 12.2. The largest absolute Gasteiger partial charge is 0.573 e. The van der Waals surface area contributed by atoms with Crippen molar-refractivity contribution in [1.29, 1.82) is 0 Å². The van der Waals surface area contributed by atoms with Gasteiger partial charge in [-0.2, -0.15) is 0 Å². The van der Waals surface area contributed by atoms with Crippen LogP contribution in [0.15, 0.2) is 42.5 Å². The van der Waals surface area contributed by atoms with Crippen molar-refractivity contribution < 1.29 is 27.5 Å². The molecule has 2 aromatic rings. The summed E-state index contributed by atoms with van der Waals surface area (Å²) in [5.74, 6) is -0.939. The molecule has 0 atom stereocenters. The number of benzene rings is 2. The summed E-state index contributed by atoms with van der Waals surface area (Å²) in [5.41, 5.74) is 1.13. The highest BCUT2D eigenvalue weighted by atomic mass is 35.5. The summed E-state index contributed by atoms with van der Waals surface area (Å²) in [5, 5.41) is 2.92. The average Bonchev–Trinajstić information content (AvgIpc) is 3.00. The second kappa shape index (κ2) is 7.48. The van der Waals surface area contributed by atoms with Gasteiger partial charge in [-0.3, -0.25) is 9.59 Å². The van der Waals surface area contributed by atoms with Crippen molar-refractivity contribution in [1.82, 2.24) is 0 Å². The number of hydrogen-bond acceptors (Lipinski definition) is 3. The first-order valence-corrected chi connectivity index (χ1v) is 8.38. The second-order valence-electron chi connectivity index (χ2n) is 5.84. The number of hydrogen-bond donors (Lipinski definition) is 1. The van der Waals surface area contributed by atoms with Crippen molar-refractivity contribution >= 4 is 34.8 Å². The third-order valence-corrected chi connectivity index (χ3v) is 4.22. The standard InChI is InChI=1S/C18H14ClF3N2O3/c19-14-10-12(5-8-15(14)24-9-1-2-16(24)25)23-17(26)11-3-6-13(7-4-11)27-18(20,21)22/h3-8,10H,1-2,9H2,(H,23,26). The van der Waals surface area contributed by atoms with Gasteiger partial charge in [0.25, 0.3) is 5.91 Å². The predicted molar refractivity (Wildman–Crippen MR) is 94.1 cm³/mol. The normalized spacial score (nSPS) is 14.4. The van der Waals surface area contributed by atoms with Crippen LogP contribution in [0.25, 0.3) is 0 Å². The number of amides is 2. The average molecular weight is 399 g/mol. The maximum atomic E-state index is 12.2. The summed E-state index contributed by atoms with van der Waals surface area (Å²) < 4.78 is 40.2. The van der Waals surface area contributed by atoms with Crippen molar-refractivity contribution in [2.45, 2.75) is 19.2 Å². The number of halogens is 4. The minimum atomic E-state index is -4.79. The quantitative estimate of drug-likeness (QED) is 0.817. The van der Waals surface area contributed by atoms with Crippen LogP contribution < -0.4 is 15.0 Å². The highest BCUT2D eigenvalue weighted by Gasteiger charge is 2.31. The number of alkyl halides is 3. The minimum absolute atomic E-state index is 0.00477. The molecule has 0 radical (unpaired) electrons. The fraction of sp³-hybridized carbons (Fsp3) is 0.222. The van der Waals surface area contributed by atoms with E-state index in [9.17, 15) is 22.8 Å². The van der Waals surface area contributed by atoms with E-state index in [2.05, 4.69) is 10.1 Å². The van der Waals surface area contributed by atoms with E-state index in [-0.39, 0.29) is 11.5 Å². The zero-order valence-corrected chi connectivity index (χ0v) is 14.6. The molecule has 0 aliphatic carbocycles. The lowest BCUT2D eigenvalue weighted by Crippen LogP contribution is -2.24. The molecule has 1 N–H and O–H groups in total. The Kier molecular flexibility index (Phi) is 5.27. The number of ether oxygens (including phenoxy) is 1. The highest BCUT2D eigenvalue weighted by molar-refractivity contribution is 6.34. The molecule has 9 heteroatoms. The summed E-state index contributed by atoms with van der Waals surface area (Å²) in [6, 6.07) is 9.30. The lowest BCUT2D eigenvalue weighted by Gasteiger charge is -2.18. The summed E-state index contributed by atoms with van der Waals surface area (Å²) >= 11 is 6.22. The third kappa shape index (κ3) is 4.71. The van der Waals surface area contributed by atoms with Crippen LogP contribution in [0.5, 0.6) is 5.75 Å². The van der Waals surface area contributed by atoms with E-state index in [1.165, 1.54) is 18.2 Å². The number of nitrogens with one attached hydrogen (secondary N) is 1. The number of carbonyl (C=O) groups excluding carboxylic acids is 2. The number of anilines is 2. The Balaban J connectivity index is 1.69. The summed E-state index contributed by atoms with van der Waals surface area (Å²) in [6.07, 6.45) is -3.55. The first kappa shape index (κ1) is 19.0. The van der Waals surface area contributed by atoms with Crippen LogP contribution in [0.4, 0.5) is 24.5 Å². The smallest absolute Gasteiger partial charge is 0.406 e. The monoisotopic (exact) mass is 398 g/mol. The molecule has 2 aromatic carbocycles. The van der Waals surface area contributed by atoms with E-state index < -0.39 is 18.0 Å². The van der Waals surface area contributed by atoms with E-state index in [0.29, 0.717) is 29.4 Å². The molecule has 142 valence electrons. The molecule has 3 rings (SSSR count). The lowest BCUT2D eigenvalue weighted by molar-refractivity contribution is -0.274. The van der Waals surface area contributed by atoms with Crippen molar-refractivity contribution in [3.05, 3.63) is 53.1 Å². The van der Waals surface area contributed by atoms with Crippen molar-refractivity contribution in [3.63, 3.8) is 0 Å². The number of nitrogens with zero attached hydrogens (tertiary/aromatic N) is 1. The molecule has 1 aliphatic rings. The van der Waals surface area contributed by atoms with Crippen LogP contribution in [-0.4, -0.2) is 24.7 Å². The van der Waals surface area contributed by atoms with Crippen LogP contribution in [0.1, 0.15) is 23.2 Å². The molecular formula is C18H14ClF3N2O3. The van der Waals surface area contributed by atoms with Crippen LogP contribution in [0, 0.1) is 0 Å². The molecule has 1 fully saturated rings. The molecule has 1 saturated heterocycles. The van der Waals surface area contributed by atoms with Gasteiger partial charge in [0, 0.05) is 24.2 Å². The Morgan fingerprint density at radius 1 is 1.15 bits per heavy atom. The predicted octanol–water partition coefficient (Wildman–Crippen LogP) is 4.62. The van der Waals surface area contributed by atoms with Gasteiger partial charge >= 0.3 is 6.36 Å². The molecule has 0 spiro atoms. The van der Waals surface area contributed by atoms with Gasteiger partial charge in [0.2, 0.25) is 5.91 Å². The van der Waals surface area contributed by atoms with Gasteiger partial charge in [0.1, 0.15) is 5.75 Å². The van der Waals surface area contributed by atoms with Gasteiger partial charge in [0.15, 0.2) is 0 Å². The van der Waals surface area contributed by atoms with Crippen LogP contribution in [0.3, 0.4) is 0 Å². The van der Waals surface area contributed by atoms with Gasteiger partial charge < -0.3 is 15.0 Å². The molecule has 2 amide bonds. The zero-order chi connectivity index (χ0) is 19.6. The molecule has 1 aliphatic heterocycles. The van der Waals surface area contributed by atoms with Crippen LogP contribution in [0.2, 0.25) is 5.02 Å². The van der Waals surface area contributed by atoms with E-state index in [1.54, 1.807) is 17.0 Å². The SMILES string of the molecule is O=C(Nc1ccc(N2CCCC2=O)c(Cl)c1)c1ccc(OC(F)(F)F)cc1. The first-order chi connectivity index (χ1) is 12.7. The van der Waals surface area contributed by atoms with Gasteiger partial charge in [-0.25, -0.2) is 0 Å². The molecular weight excluding hydrogens is 385 g/mol. The minimum Gasteiger partial charge on any atom is -0.406 e. The van der Waals surface area contributed by atoms with E-state index in [1.807, 2.05) is 0 Å². The summed E-state index contributed by atoms with van der Waals surface area (Å²) in [6.45, 7) is 0.594. The van der Waals surface area contributed by atoms with Gasteiger partial charge in [-0.05, 0) is 48.9 Å². The van der Waals surface area contributed by atoms with Gasteiger partial charge in [-0.15, -0.1) is 13.2 Å². The Hall–Kier alpha value is -2.74. The molecule has 0 aromatic heterocycles. The van der Waals surface area contributed by atoms with Crippen molar-refractivity contribution in [2.24, 2.45) is 0 Å². The summed E-state index contributed by atoms with van der Waals surface area (Å²) in [7, 11) is 0. The van der Waals surface area contributed by atoms with Gasteiger partial charge in [0.05, 0.1) is 10.7 Å². The third-order valence-electron chi connectivity index (χ3n) is 3.92. The topological polar surface area (TPSA) is 58.6 Å². The van der Waals surface area contributed by atoms with Crippen LogP contribution >= 0.6 is 11.6 Å². The molecule has 1 heterocycles. The number of carbonyl (C=O) groups is 2. The Morgan fingerprint density at radius 3 is 2.41 bits per heavy atom. The Labute approximate surface area is 157 Å².